The lowest BCUT2D eigenvalue weighted by Gasteiger charge is -2.17. The zero-order valence-corrected chi connectivity index (χ0v) is 10.9. The number of carbonyl (C=O) groups is 1. The van der Waals surface area contributed by atoms with E-state index in [1.165, 1.54) is 19.2 Å². The largest absolute Gasteiger partial charge is 0.468 e. The fourth-order valence-electron chi connectivity index (χ4n) is 1.48. The monoisotopic (exact) mass is 286 g/mol. The maximum absolute atomic E-state index is 13.0. The average molecular weight is 287 g/mol. The molecule has 0 saturated heterocycles. The highest BCUT2D eigenvalue weighted by molar-refractivity contribution is 6.31. The Morgan fingerprint density at radius 3 is 3.00 bits per heavy atom. The number of hydrogen-bond acceptors (Lipinski definition) is 4. The fraction of sp³-hybridized carbons (Fsp3) is 0.364. The van der Waals surface area contributed by atoms with Gasteiger partial charge in [0.15, 0.2) is 0 Å². The maximum Gasteiger partial charge on any atom is 0.327 e. The Balaban J connectivity index is 2.89. The van der Waals surface area contributed by atoms with Gasteiger partial charge in [-0.1, -0.05) is 22.8 Å². The van der Waals surface area contributed by atoms with E-state index in [4.69, 9.17) is 17.1 Å². The second kappa shape index (κ2) is 7.58. The summed E-state index contributed by atoms with van der Waals surface area (Å²) in [4.78, 5) is 14.3. The molecule has 1 atom stereocenters. The number of nitrogens with zero attached hydrogens (tertiary/aromatic N) is 3. The average Bonchev–Trinajstić information content (AvgIpc) is 2.39. The van der Waals surface area contributed by atoms with Crippen molar-refractivity contribution < 1.29 is 13.9 Å². The minimum absolute atomic E-state index is 0.117. The van der Waals surface area contributed by atoms with E-state index in [0.717, 1.165) is 6.07 Å². The van der Waals surface area contributed by atoms with Crippen LogP contribution in [0, 0.1) is 5.82 Å². The molecule has 0 bridgehead atoms. The molecule has 0 aliphatic rings. The molecule has 0 aromatic heterocycles. The van der Waals surface area contributed by atoms with Crippen LogP contribution in [-0.4, -0.2) is 26.2 Å². The van der Waals surface area contributed by atoms with E-state index in [9.17, 15) is 9.18 Å². The number of esters is 1. The van der Waals surface area contributed by atoms with E-state index < -0.39 is 17.8 Å². The summed E-state index contributed by atoms with van der Waals surface area (Å²) in [6, 6.07) is 2.88. The van der Waals surface area contributed by atoms with Crippen molar-refractivity contribution >= 4 is 17.6 Å². The van der Waals surface area contributed by atoms with Crippen molar-refractivity contribution in [1.29, 1.82) is 0 Å². The van der Waals surface area contributed by atoms with Crippen molar-refractivity contribution in [3.8, 4) is 0 Å². The van der Waals surface area contributed by atoms with Gasteiger partial charge in [-0.15, -0.1) is 0 Å². The van der Waals surface area contributed by atoms with Gasteiger partial charge in [0, 0.05) is 23.0 Å². The van der Waals surface area contributed by atoms with Crippen LogP contribution in [0.5, 0.6) is 0 Å². The summed E-state index contributed by atoms with van der Waals surface area (Å²) in [7, 11) is 1.24. The van der Waals surface area contributed by atoms with Gasteiger partial charge in [-0.2, -0.15) is 0 Å². The second-order valence-corrected chi connectivity index (χ2v) is 3.94. The lowest BCUT2D eigenvalue weighted by atomic mass is 10.1. The predicted molar refractivity (Wildman–Crippen MR) is 68.2 cm³/mol. The van der Waals surface area contributed by atoms with Crippen LogP contribution >= 0.6 is 11.6 Å². The Hall–Kier alpha value is -1.82. The van der Waals surface area contributed by atoms with Gasteiger partial charge >= 0.3 is 5.97 Å². The Morgan fingerprint density at radius 1 is 1.68 bits per heavy atom. The summed E-state index contributed by atoms with van der Waals surface area (Å²) in [6.07, 6.45) is 0. The molecule has 8 heteroatoms. The van der Waals surface area contributed by atoms with Crippen LogP contribution in [0.3, 0.4) is 0 Å². The zero-order valence-electron chi connectivity index (χ0n) is 10.1. The lowest BCUT2D eigenvalue weighted by molar-refractivity contribution is -0.143. The van der Waals surface area contributed by atoms with E-state index in [1.54, 1.807) is 0 Å². The van der Waals surface area contributed by atoms with Crippen molar-refractivity contribution in [3.63, 3.8) is 0 Å². The molecule has 1 aromatic carbocycles. The molecule has 1 aromatic rings. The second-order valence-electron chi connectivity index (χ2n) is 3.53. The van der Waals surface area contributed by atoms with E-state index in [2.05, 4.69) is 20.1 Å². The Bertz CT molecular complexity index is 505. The summed E-state index contributed by atoms with van der Waals surface area (Å²) in [5.74, 6) is -1.05. The molecular weight excluding hydrogens is 275 g/mol. The molecule has 6 nitrogen and oxygen atoms in total. The molecule has 0 spiro atoms. The highest BCUT2D eigenvalue weighted by Gasteiger charge is 2.23. The maximum atomic E-state index is 13.0. The first-order valence-corrected chi connectivity index (χ1v) is 5.75. The molecular formula is C11H12ClFN4O2. The van der Waals surface area contributed by atoms with Crippen LogP contribution in [0.4, 0.5) is 4.39 Å². The normalized spacial score (nSPS) is 11.5. The minimum atomic E-state index is -0.841. The quantitative estimate of drug-likeness (QED) is 0.287. The van der Waals surface area contributed by atoms with Gasteiger partial charge in [0.2, 0.25) is 0 Å². The van der Waals surface area contributed by atoms with Crippen molar-refractivity contribution in [3.05, 3.63) is 45.0 Å². The van der Waals surface area contributed by atoms with Crippen molar-refractivity contribution in [2.24, 2.45) is 5.11 Å². The van der Waals surface area contributed by atoms with Crippen molar-refractivity contribution in [1.82, 2.24) is 5.32 Å². The first-order chi connectivity index (χ1) is 9.10. The molecule has 0 heterocycles. The molecule has 1 N–H and O–H groups in total. The third kappa shape index (κ3) is 4.40. The van der Waals surface area contributed by atoms with Crippen LogP contribution < -0.4 is 5.32 Å². The van der Waals surface area contributed by atoms with Crippen LogP contribution in [0.2, 0.25) is 5.02 Å². The molecule has 1 unspecified atom stereocenters. The summed E-state index contributed by atoms with van der Waals surface area (Å²) in [5.41, 5.74) is 8.55. The Morgan fingerprint density at radius 2 is 2.42 bits per heavy atom. The van der Waals surface area contributed by atoms with E-state index in [1.807, 2.05) is 0 Å². The van der Waals surface area contributed by atoms with E-state index >= 15 is 0 Å². The van der Waals surface area contributed by atoms with Gasteiger partial charge in [-0.25, -0.2) is 9.18 Å². The summed E-state index contributed by atoms with van der Waals surface area (Å²) in [6.45, 7) is 0.431. The lowest BCUT2D eigenvalue weighted by Crippen LogP contribution is -2.31. The molecule has 102 valence electrons. The number of azide groups is 1. The number of nitrogens with one attached hydrogen (secondary N) is 1. The minimum Gasteiger partial charge on any atom is -0.468 e. The predicted octanol–water partition coefficient (Wildman–Crippen LogP) is 2.59. The first kappa shape index (κ1) is 15.2. The molecule has 0 saturated carbocycles. The van der Waals surface area contributed by atoms with Gasteiger partial charge in [-0.3, -0.25) is 0 Å². The van der Waals surface area contributed by atoms with Crippen molar-refractivity contribution in [2.45, 2.75) is 6.04 Å². The molecule has 0 radical (unpaired) electrons. The number of benzene rings is 1. The summed E-state index contributed by atoms with van der Waals surface area (Å²) >= 11 is 5.90. The van der Waals surface area contributed by atoms with Crippen LogP contribution in [0.25, 0.3) is 10.4 Å². The van der Waals surface area contributed by atoms with Crippen molar-refractivity contribution in [2.75, 3.05) is 20.2 Å². The molecule has 0 amide bonds. The molecule has 19 heavy (non-hydrogen) atoms. The third-order valence-corrected chi connectivity index (χ3v) is 2.66. The van der Waals surface area contributed by atoms with E-state index in [0.29, 0.717) is 5.56 Å². The molecule has 0 fully saturated rings. The van der Waals surface area contributed by atoms with Crippen LogP contribution in [0.1, 0.15) is 11.6 Å². The first-order valence-electron chi connectivity index (χ1n) is 5.37. The summed E-state index contributed by atoms with van der Waals surface area (Å²) < 4.78 is 17.6. The smallest absolute Gasteiger partial charge is 0.327 e. The number of methoxy groups -OCH3 is 1. The highest BCUT2D eigenvalue weighted by atomic mass is 35.5. The van der Waals surface area contributed by atoms with Crippen LogP contribution in [0.15, 0.2) is 23.3 Å². The number of rotatable bonds is 6. The molecule has 1 rings (SSSR count). The molecule has 0 aliphatic heterocycles. The van der Waals surface area contributed by atoms with E-state index in [-0.39, 0.29) is 18.1 Å². The number of hydrogen-bond donors (Lipinski definition) is 1. The van der Waals surface area contributed by atoms with Gasteiger partial charge in [0.25, 0.3) is 0 Å². The van der Waals surface area contributed by atoms with Gasteiger partial charge in [0.1, 0.15) is 11.9 Å². The standard InChI is InChI=1S/C11H12ClFN4O2/c1-19-11(18)10(15-4-5-16-17-14)8-3-2-7(13)6-9(8)12/h2-3,6,10,15H,4-5H2,1H3. The van der Waals surface area contributed by atoms with Gasteiger partial charge < -0.3 is 10.1 Å². The molecule has 0 aliphatic carbocycles. The SMILES string of the molecule is COC(=O)C(NCCN=[N+]=[N-])c1ccc(F)cc1Cl. The third-order valence-electron chi connectivity index (χ3n) is 2.33. The number of carbonyl (C=O) groups excluding carboxylic acids is 1. The summed E-state index contributed by atoms with van der Waals surface area (Å²) in [5, 5.41) is 6.28. The fourth-order valence-corrected chi connectivity index (χ4v) is 1.75. The number of ether oxygens (including phenoxy) is 1. The highest BCUT2D eigenvalue weighted by Crippen LogP contribution is 2.24. The topological polar surface area (TPSA) is 87.1 Å². The Labute approximate surface area is 114 Å². The van der Waals surface area contributed by atoms with Crippen LogP contribution in [-0.2, 0) is 9.53 Å². The van der Waals surface area contributed by atoms with Gasteiger partial charge in [-0.05, 0) is 23.2 Å². The zero-order chi connectivity index (χ0) is 14.3. The Kier molecular flexibility index (Phi) is 6.08. The number of halogens is 2. The van der Waals surface area contributed by atoms with Gasteiger partial charge in [0.05, 0.1) is 7.11 Å².